The van der Waals surface area contributed by atoms with Gasteiger partial charge >= 0.3 is 0 Å². The Kier molecular flexibility index (Phi) is 4.02. The van der Waals surface area contributed by atoms with Gasteiger partial charge in [-0.15, -0.1) is 0 Å². The Bertz CT molecular complexity index is 641. The lowest BCUT2D eigenvalue weighted by Crippen LogP contribution is -2.01. The summed E-state index contributed by atoms with van der Waals surface area (Å²) in [5.74, 6) is -0.345. The summed E-state index contributed by atoms with van der Waals surface area (Å²) < 4.78 is 30.4. The van der Waals surface area contributed by atoms with E-state index >= 15 is 0 Å². The highest BCUT2D eigenvalue weighted by molar-refractivity contribution is 7.85. The van der Waals surface area contributed by atoms with Crippen LogP contribution in [-0.2, 0) is 22.3 Å². The van der Waals surface area contributed by atoms with Crippen molar-refractivity contribution < 1.29 is 13.0 Å². The molecular weight excluding hydrogens is 260 g/mol. The van der Waals surface area contributed by atoms with Crippen LogP contribution in [0.25, 0.3) is 11.1 Å². The van der Waals surface area contributed by atoms with E-state index in [9.17, 15) is 8.42 Å². The van der Waals surface area contributed by atoms with Gasteiger partial charge in [0.15, 0.2) is 0 Å². The molecule has 4 heteroatoms. The first-order chi connectivity index (χ1) is 8.98. The predicted molar refractivity (Wildman–Crippen MR) is 76.5 cm³/mol. The quantitative estimate of drug-likeness (QED) is 0.872. The molecule has 0 aliphatic rings. The SMILES string of the molecule is CCc1ccc(-c2ccc(CS(=O)(=O)O)cc2)cc1. The third-order valence-corrected chi connectivity index (χ3v) is 3.70. The standard InChI is InChI=1S/C15H16O3S/c1-2-12-3-7-14(8-4-12)15-9-5-13(6-10-15)11-19(16,17)18/h3-10H,2,11H2,1H3,(H,16,17,18). The molecule has 2 aromatic carbocycles. The molecule has 19 heavy (non-hydrogen) atoms. The lowest BCUT2D eigenvalue weighted by molar-refractivity contribution is 0.482. The minimum Gasteiger partial charge on any atom is -0.285 e. The Hall–Kier alpha value is -1.65. The van der Waals surface area contributed by atoms with E-state index in [0.29, 0.717) is 5.56 Å². The van der Waals surface area contributed by atoms with E-state index in [1.54, 1.807) is 12.1 Å². The highest BCUT2D eigenvalue weighted by atomic mass is 32.2. The maximum atomic E-state index is 10.8. The van der Waals surface area contributed by atoms with Gasteiger partial charge in [-0.3, -0.25) is 4.55 Å². The van der Waals surface area contributed by atoms with Gasteiger partial charge < -0.3 is 0 Å². The Balaban J connectivity index is 2.22. The van der Waals surface area contributed by atoms with Crippen LogP contribution < -0.4 is 0 Å². The molecule has 0 aliphatic carbocycles. The van der Waals surface area contributed by atoms with Crippen LogP contribution in [0.1, 0.15) is 18.1 Å². The third-order valence-electron chi connectivity index (χ3n) is 3.00. The second-order valence-corrected chi connectivity index (χ2v) is 5.93. The van der Waals surface area contributed by atoms with Crippen LogP contribution >= 0.6 is 0 Å². The average Bonchev–Trinajstić information content (AvgIpc) is 2.38. The van der Waals surface area contributed by atoms with Crippen LogP contribution in [0.4, 0.5) is 0 Å². The summed E-state index contributed by atoms with van der Waals surface area (Å²) in [5.41, 5.74) is 3.99. The first-order valence-electron chi connectivity index (χ1n) is 6.11. The molecule has 0 bridgehead atoms. The van der Waals surface area contributed by atoms with Gasteiger partial charge in [-0.25, -0.2) is 0 Å². The normalized spacial score (nSPS) is 11.5. The van der Waals surface area contributed by atoms with E-state index in [1.807, 2.05) is 12.1 Å². The van der Waals surface area contributed by atoms with Gasteiger partial charge in [-0.05, 0) is 28.7 Å². The highest BCUT2D eigenvalue weighted by Gasteiger charge is 2.06. The number of hydrogen-bond donors (Lipinski definition) is 1. The summed E-state index contributed by atoms with van der Waals surface area (Å²) in [6, 6.07) is 15.4. The molecule has 1 N–H and O–H groups in total. The van der Waals surface area contributed by atoms with E-state index in [4.69, 9.17) is 4.55 Å². The number of rotatable bonds is 4. The molecule has 0 aromatic heterocycles. The zero-order chi connectivity index (χ0) is 13.9. The molecule has 0 unspecified atom stereocenters. The molecule has 0 fully saturated rings. The van der Waals surface area contributed by atoms with Crippen LogP contribution in [0.3, 0.4) is 0 Å². The lowest BCUT2D eigenvalue weighted by Gasteiger charge is -2.05. The van der Waals surface area contributed by atoms with Crippen molar-refractivity contribution in [3.63, 3.8) is 0 Å². The van der Waals surface area contributed by atoms with Crippen LogP contribution in [0.5, 0.6) is 0 Å². The summed E-state index contributed by atoms with van der Waals surface area (Å²) in [4.78, 5) is 0. The van der Waals surface area contributed by atoms with Crippen LogP contribution in [-0.4, -0.2) is 13.0 Å². The first-order valence-corrected chi connectivity index (χ1v) is 7.72. The molecule has 2 aromatic rings. The summed E-state index contributed by atoms with van der Waals surface area (Å²) in [6.45, 7) is 2.11. The lowest BCUT2D eigenvalue weighted by atomic mass is 10.0. The molecule has 0 aliphatic heterocycles. The molecule has 0 radical (unpaired) electrons. The molecule has 3 nitrogen and oxygen atoms in total. The molecule has 0 heterocycles. The number of benzene rings is 2. The van der Waals surface area contributed by atoms with Crippen molar-refractivity contribution in [3.8, 4) is 11.1 Å². The summed E-state index contributed by atoms with van der Waals surface area (Å²) in [7, 11) is -3.96. The van der Waals surface area contributed by atoms with Gasteiger partial charge in [0.25, 0.3) is 10.1 Å². The van der Waals surface area contributed by atoms with Crippen molar-refractivity contribution in [2.45, 2.75) is 19.1 Å². The number of hydrogen-bond acceptors (Lipinski definition) is 2. The summed E-state index contributed by atoms with van der Waals surface area (Å²) in [6.07, 6.45) is 1.01. The largest absolute Gasteiger partial charge is 0.285 e. The van der Waals surface area contributed by atoms with E-state index in [1.165, 1.54) is 5.56 Å². The van der Waals surface area contributed by atoms with Crippen molar-refractivity contribution >= 4 is 10.1 Å². The minimum absolute atomic E-state index is 0.345. The zero-order valence-corrected chi connectivity index (χ0v) is 11.5. The van der Waals surface area contributed by atoms with Crippen LogP contribution in [0, 0.1) is 0 Å². The van der Waals surface area contributed by atoms with E-state index in [-0.39, 0.29) is 5.75 Å². The van der Waals surface area contributed by atoms with Crippen molar-refractivity contribution in [2.75, 3.05) is 0 Å². The first kappa shape index (κ1) is 13.8. The second-order valence-electron chi connectivity index (χ2n) is 4.47. The fourth-order valence-electron chi connectivity index (χ4n) is 1.94. The van der Waals surface area contributed by atoms with Gasteiger partial charge in [-0.1, -0.05) is 55.5 Å². The molecule has 100 valence electrons. The van der Waals surface area contributed by atoms with Gasteiger partial charge in [0.05, 0.1) is 0 Å². The van der Waals surface area contributed by atoms with E-state index in [2.05, 4.69) is 31.2 Å². The molecule has 0 saturated heterocycles. The maximum absolute atomic E-state index is 10.8. The average molecular weight is 276 g/mol. The minimum atomic E-state index is -3.96. The molecule has 0 amide bonds. The van der Waals surface area contributed by atoms with Gasteiger partial charge in [0, 0.05) is 0 Å². The molecule has 0 saturated carbocycles. The van der Waals surface area contributed by atoms with Gasteiger partial charge in [0.2, 0.25) is 0 Å². The van der Waals surface area contributed by atoms with Gasteiger partial charge in [0.1, 0.15) is 5.75 Å². The highest BCUT2D eigenvalue weighted by Crippen LogP contribution is 2.21. The zero-order valence-electron chi connectivity index (χ0n) is 10.7. The topological polar surface area (TPSA) is 54.4 Å². The third kappa shape index (κ3) is 3.91. The Morgan fingerprint density at radius 1 is 0.842 bits per heavy atom. The van der Waals surface area contributed by atoms with E-state index < -0.39 is 10.1 Å². The fourth-order valence-corrected chi connectivity index (χ4v) is 2.55. The molecule has 2 rings (SSSR count). The maximum Gasteiger partial charge on any atom is 0.269 e. The summed E-state index contributed by atoms with van der Waals surface area (Å²) >= 11 is 0. The van der Waals surface area contributed by atoms with Crippen molar-refractivity contribution in [1.29, 1.82) is 0 Å². The van der Waals surface area contributed by atoms with Gasteiger partial charge in [-0.2, -0.15) is 8.42 Å². The summed E-state index contributed by atoms with van der Waals surface area (Å²) in [5, 5.41) is 0. The molecule has 0 atom stereocenters. The number of aryl methyl sites for hydroxylation is 1. The fraction of sp³-hybridized carbons (Fsp3) is 0.200. The smallest absolute Gasteiger partial charge is 0.269 e. The Morgan fingerprint density at radius 3 is 1.63 bits per heavy atom. The predicted octanol–water partition coefficient (Wildman–Crippen LogP) is 3.30. The van der Waals surface area contributed by atoms with Crippen LogP contribution in [0.2, 0.25) is 0 Å². The molecular formula is C15H16O3S. The Labute approximate surface area is 113 Å². The monoisotopic (exact) mass is 276 g/mol. The second kappa shape index (κ2) is 5.55. The van der Waals surface area contributed by atoms with Crippen molar-refractivity contribution in [1.82, 2.24) is 0 Å². The van der Waals surface area contributed by atoms with Crippen molar-refractivity contribution in [3.05, 3.63) is 59.7 Å². The van der Waals surface area contributed by atoms with Crippen LogP contribution in [0.15, 0.2) is 48.5 Å². The van der Waals surface area contributed by atoms with Crippen molar-refractivity contribution in [2.24, 2.45) is 0 Å². The Morgan fingerprint density at radius 2 is 1.26 bits per heavy atom. The molecule has 0 spiro atoms. The van der Waals surface area contributed by atoms with E-state index in [0.717, 1.165) is 17.5 Å².